The van der Waals surface area contributed by atoms with Gasteiger partial charge in [0.2, 0.25) is 0 Å². The number of nitrogens with zero attached hydrogens (tertiary/aromatic N) is 4. The molecule has 1 aromatic heterocycles. The first-order chi connectivity index (χ1) is 6.56. The zero-order chi connectivity index (χ0) is 10.7. The summed E-state index contributed by atoms with van der Waals surface area (Å²) in [7, 11) is 0. The molecule has 0 N–H and O–H groups in total. The van der Waals surface area contributed by atoms with Crippen molar-refractivity contribution >= 4 is 5.82 Å². The molecule has 6 heteroatoms. The average Bonchev–Trinajstić information content (AvgIpc) is 2.49. The lowest BCUT2D eigenvalue weighted by atomic mass is 10.3. The van der Waals surface area contributed by atoms with Gasteiger partial charge in [-0.1, -0.05) is 0 Å². The largest absolute Gasteiger partial charge is 0.390 e. The summed E-state index contributed by atoms with van der Waals surface area (Å²) >= 11 is 0. The Morgan fingerprint density at radius 3 is 2.86 bits per heavy atom. The molecule has 0 bridgehead atoms. The monoisotopic (exact) mass is 194 g/mol. The van der Waals surface area contributed by atoms with Gasteiger partial charge in [0.05, 0.1) is 35.4 Å². The number of hydrogen-bond donors (Lipinski definition) is 0. The van der Waals surface area contributed by atoms with Crippen LogP contribution in [-0.2, 0) is 6.42 Å². The van der Waals surface area contributed by atoms with Crippen LogP contribution >= 0.6 is 0 Å². The van der Waals surface area contributed by atoms with Gasteiger partial charge in [0.1, 0.15) is 0 Å². The van der Waals surface area contributed by atoms with Crippen molar-refractivity contribution < 1.29 is 4.92 Å². The van der Waals surface area contributed by atoms with E-state index in [2.05, 4.69) is 5.10 Å². The molecule has 0 aliphatic heterocycles. The number of rotatable bonds is 3. The molecule has 0 aromatic carbocycles. The second-order valence-corrected chi connectivity index (χ2v) is 3.12. The molecular formula is C8H10N4O2. The molecule has 1 rings (SSSR count). The molecule has 1 heterocycles. The maximum Gasteiger partial charge on any atom is 0.390 e. The zero-order valence-corrected chi connectivity index (χ0v) is 7.97. The van der Waals surface area contributed by atoms with Gasteiger partial charge < -0.3 is 10.1 Å². The molecule has 0 atom stereocenters. The van der Waals surface area contributed by atoms with Crippen LogP contribution in [0.2, 0.25) is 0 Å². The normalized spacial score (nSPS) is 10.1. The molecule has 14 heavy (non-hydrogen) atoms. The predicted molar refractivity (Wildman–Crippen MR) is 48.6 cm³/mol. The highest BCUT2D eigenvalue weighted by Gasteiger charge is 2.19. The van der Waals surface area contributed by atoms with E-state index < -0.39 is 4.92 Å². The van der Waals surface area contributed by atoms with E-state index in [9.17, 15) is 10.1 Å². The average molecular weight is 194 g/mol. The van der Waals surface area contributed by atoms with Crippen molar-refractivity contribution in [1.82, 2.24) is 9.78 Å². The van der Waals surface area contributed by atoms with E-state index in [0.717, 1.165) is 0 Å². The van der Waals surface area contributed by atoms with Crippen molar-refractivity contribution in [2.24, 2.45) is 0 Å². The highest BCUT2D eigenvalue weighted by molar-refractivity contribution is 5.24. The van der Waals surface area contributed by atoms with Gasteiger partial charge in [-0.05, 0) is 18.8 Å². The van der Waals surface area contributed by atoms with E-state index in [1.807, 2.05) is 19.9 Å². The summed E-state index contributed by atoms with van der Waals surface area (Å²) in [5, 5.41) is 22.7. The molecule has 6 nitrogen and oxygen atoms in total. The first-order valence-electron chi connectivity index (χ1n) is 4.16. The lowest BCUT2D eigenvalue weighted by molar-refractivity contribution is -0.389. The Hall–Kier alpha value is -1.90. The van der Waals surface area contributed by atoms with Gasteiger partial charge in [0.25, 0.3) is 0 Å². The maximum atomic E-state index is 10.4. The van der Waals surface area contributed by atoms with E-state index >= 15 is 0 Å². The fourth-order valence-corrected chi connectivity index (χ4v) is 1.17. The number of aromatic nitrogens is 2. The van der Waals surface area contributed by atoms with Crippen molar-refractivity contribution in [3.63, 3.8) is 0 Å². The molecule has 0 fully saturated rings. The molecule has 0 saturated heterocycles. The molecule has 0 radical (unpaired) electrons. The summed E-state index contributed by atoms with van der Waals surface area (Å²) in [4.78, 5) is 9.88. The molecule has 1 aromatic rings. The molecule has 0 amide bonds. The Labute approximate surface area is 80.9 Å². The summed E-state index contributed by atoms with van der Waals surface area (Å²) in [6, 6.07) is 3.31. The smallest absolute Gasteiger partial charge is 0.358 e. The molecule has 0 saturated carbocycles. The van der Waals surface area contributed by atoms with Gasteiger partial charge in [-0.15, -0.1) is 0 Å². The highest BCUT2D eigenvalue weighted by Crippen LogP contribution is 2.16. The Morgan fingerprint density at radius 1 is 1.79 bits per heavy atom. The van der Waals surface area contributed by atoms with Crippen LogP contribution in [0.3, 0.4) is 0 Å². The van der Waals surface area contributed by atoms with Crippen LogP contribution < -0.4 is 0 Å². The third-order valence-electron chi connectivity index (χ3n) is 1.74. The predicted octanol–water partition coefficient (Wildman–Crippen LogP) is 1.44. The van der Waals surface area contributed by atoms with Crippen LogP contribution in [0.15, 0.2) is 6.07 Å². The number of hydrogen-bond acceptors (Lipinski definition) is 4. The summed E-state index contributed by atoms with van der Waals surface area (Å²) in [6.45, 7) is 3.72. The van der Waals surface area contributed by atoms with E-state index in [-0.39, 0.29) is 18.3 Å². The quantitative estimate of drug-likeness (QED) is 0.538. The third-order valence-corrected chi connectivity index (χ3v) is 1.74. The number of nitro groups is 1. The van der Waals surface area contributed by atoms with Gasteiger partial charge in [-0.2, -0.15) is 9.94 Å². The Morgan fingerprint density at radius 2 is 2.43 bits per heavy atom. The summed E-state index contributed by atoms with van der Waals surface area (Å²) < 4.78 is 1.50. The van der Waals surface area contributed by atoms with Crippen LogP contribution in [0.4, 0.5) is 5.82 Å². The van der Waals surface area contributed by atoms with Gasteiger partial charge in [0, 0.05) is 0 Å². The van der Waals surface area contributed by atoms with Gasteiger partial charge in [0.15, 0.2) is 0 Å². The van der Waals surface area contributed by atoms with E-state index in [0.29, 0.717) is 5.69 Å². The second kappa shape index (κ2) is 3.87. The molecule has 74 valence electrons. The highest BCUT2D eigenvalue weighted by atomic mass is 16.6. The minimum Gasteiger partial charge on any atom is -0.358 e. The van der Waals surface area contributed by atoms with Crippen molar-refractivity contribution in [2.75, 3.05) is 0 Å². The van der Waals surface area contributed by atoms with Crippen molar-refractivity contribution in [1.29, 1.82) is 5.26 Å². The maximum absolute atomic E-state index is 10.4. The van der Waals surface area contributed by atoms with Crippen molar-refractivity contribution in [2.45, 2.75) is 26.3 Å². The van der Waals surface area contributed by atoms with Crippen LogP contribution in [0.1, 0.15) is 25.6 Å². The van der Waals surface area contributed by atoms with Gasteiger partial charge >= 0.3 is 5.82 Å². The third kappa shape index (κ3) is 1.88. The fourth-order valence-electron chi connectivity index (χ4n) is 1.17. The van der Waals surface area contributed by atoms with Crippen LogP contribution in [-0.4, -0.2) is 14.7 Å². The minimum absolute atomic E-state index is 0.0204. The lowest BCUT2D eigenvalue weighted by Gasteiger charge is -2.02. The summed E-state index contributed by atoms with van der Waals surface area (Å²) in [5.41, 5.74) is 0.578. The first-order valence-corrected chi connectivity index (χ1v) is 4.16. The molecule has 0 spiro atoms. The standard InChI is InChI=1S/C8H10N4O2/c1-6(2)11-7(3-4-9)5-8(10-11)12(13)14/h5-6H,3H2,1-2H3. The van der Waals surface area contributed by atoms with Crippen LogP contribution in [0.25, 0.3) is 0 Å². The molecular weight excluding hydrogens is 184 g/mol. The van der Waals surface area contributed by atoms with Crippen LogP contribution in [0, 0.1) is 21.4 Å². The SMILES string of the molecule is CC(C)n1nc([N+](=O)[O-])cc1CC#N. The summed E-state index contributed by atoms with van der Waals surface area (Å²) in [6.07, 6.45) is 0.138. The topological polar surface area (TPSA) is 84.8 Å². The molecule has 0 unspecified atom stereocenters. The van der Waals surface area contributed by atoms with Crippen molar-refractivity contribution in [3.8, 4) is 6.07 Å². The summed E-state index contributed by atoms with van der Waals surface area (Å²) in [5.74, 6) is -0.205. The first kappa shape index (κ1) is 10.2. The van der Waals surface area contributed by atoms with E-state index in [1.54, 1.807) is 0 Å². The Balaban J connectivity index is 3.13. The van der Waals surface area contributed by atoms with Gasteiger partial charge in [-0.3, -0.25) is 0 Å². The van der Waals surface area contributed by atoms with Crippen molar-refractivity contribution in [3.05, 3.63) is 21.9 Å². The van der Waals surface area contributed by atoms with Crippen LogP contribution in [0.5, 0.6) is 0 Å². The Kier molecular flexibility index (Phi) is 2.82. The molecule has 0 aliphatic carbocycles. The van der Waals surface area contributed by atoms with E-state index in [4.69, 9.17) is 5.26 Å². The van der Waals surface area contributed by atoms with Gasteiger partial charge in [-0.25, -0.2) is 0 Å². The second-order valence-electron chi connectivity index (χ2n) is 3.12. The Bertz CT molecular complexity index is 389. The number of nitriles is 1. The lowest BCUT2D eigenvalue weighted by Crippen LogP contribution is -2.07. The molecule has 0 aliphatic rings. The minimum atomic E-state index is -0.556. The fraction of sp³-hybridized carbons (Fsp3) is 0.500. The van der Waals surface area contributed by atoms with E-state index in [1.165, 1.54) is 10.7 Å². The zero-order valence-electron chi connectivity index (χ0n) is 7.97.